The molecule has 1 atom stereocenters. The predicted octanol–water partition coefficient (Wildman–Crippen LogP) is 0.478. The van der Waals surface area contributed by atoms with Gasteiger partial charge in [-0.15, -0.1) is 0 Å². The van der Waals surface area contributed by atoms with Crippen LogP contribution in [0.15, 0.2) is 0 Å². The maximum Gasteiger partial charge on any atom is 0.407 e. The standard InChI is InChI=1S/C9H15NO5/c1-15-6-9(7(11)12)3-2-4-10(5-9)8(13)14/h2-6H2,1H3,(H,11,12)(H,13,14). The fourth-order valence-corrected chi connectivity index (χ4v) is 1.93. The van der Waals surface area contributed by atoms with Gasteiger partial charge in [0.25, 0.3) is 0 Å². The number of amides is 1. The van der Waals surface area contributed by atoms with Crippen molar-refractivity contribution >= 4 is 12.1 Å². The number of ether oxygens (including phenoxy) is 1. The zero-order chi connectivity index (χ0) is 11.5. The highest BCUT2D eigenvalue weighted by atomic mass is 16.5. The fourth-order valence-electron chi connectivity index (χ4n) is 1.93. The quantitative estimate of drug-likeness (QED) is 0.717. The summed E-state index contributed by atoms with van der Waals surface area (Å²) in [7, 11) is 1.42. The highest BCUT2D eigenvalue weighted by molar-refractivity contribution is 5.76. The normalized spacial score (nSPS) is 26.3. The van der Waals surface area contributed by atoms with Crippen LogP contribution in [-0.2, 0) is 9.53 Å². The van der Waals surface area contributed by atoms with Gasteiger partial charge < -0.3 is 19.8 Å². The van der Waals surface area contributed by atoms with Crippen molar-refractivity contribution in [3.63, 3.8) is 0 Å². The Kier molecular flexibility index (Phi) is 3.52. The van der Waals surface area contributed by atoms with Crippen molar-refractivity contribution in [3.8, 4) is 0 Å². The molecular formula is C9H15NO5. The Labute approximate surface area is 87.4 Å². The van der Waals surface area contributed by atoms with Crippen LogP contribution >= 0.6 is 0 Å². The van der Waals surface area contributed by atoms with Crippen LogP contribution in [0.5, 0.6) is 0 Å². The molecule has 0 spiro atoms. The summed E-state index contributed by atoms with van der Waals surface area (Å²) >= 11 is 0. The van der Waals surface area contributed by atoms with E-state index in [9.17, 15) is 9.59 Å². The highest BCUT2D eigenvalue weighted by Gasteiger charge is 2.43. The summed E-state index contributed by atoms with van der Waals surface area (Å²) in [4.78, 5) is 23.0. The molecule has 0 bridgehead atoms. The van der Waals surface area contributed by atoms with Gasteiger partial charge >= 0.3 is 12.1 Å². The van der Waals surface area contributed by atoms with Crippen LogP contribution in [0.4, 0.5) is 4.79 Å². The first kappa shape index (κ1) is 11.8. The van der Waals surface area contributed by atoms with Gasteiger partial charge in [0.05, 0.1) is 6.61 Å². The Morgan fingerprint density at radius 1 is 1.47 bits per heavy atom. The molecule has 0 saturated carbocycles. The molecule has 0 aromatic rings. The highest BCUT2D eigenvalue weighted by Crippen LogP contribution is 2.30. The number of nitrogens with zero attached hydrogens (tertiary/aromatic N) is 1. The molecule has 1 rings (SSSR count). The Balaban J connectivity index is 2.79. The minimum absolute atomic E-state index is 0.00546. The van der Waals surface area contributed by atoms with Crippen molar-refractivity contribution in [2.24, 2.45) is 5.41 Å². The van der Waals surface area contributed by atoms with Gasteiger partial charge in [0.15, 0.2) is 0 Å². The number of carbonyl (C=O) groups is 2. The van der Waals surface area contributed by atoms with Crippen LogP contribution in [0.2, 0.25) is 0 Å². The number of rotatable bonds is 3. The van der Waals surface area contributed by atoms with Crippen molar-refractivity contribution < 1.29 is 24.5 Å². The molecule has 1 unspecified atom stereocenters. The van der Waals surface area contributed by atoms with E-state index in [2.05, 4.69) is 0 Å². The molecule has 1 aliphatic rings. The summed E-state index contributed by atoms with van der Waals surface area (Å²) in [5.74, 6) is -0.990. The predicted molar refractivity (Wildman–Crippen MR) is 50.8 cm³/mol. The van der Waals surface area contributed by atoms with Gasteiger partial charge in [0.2, 0.25) is 0 Å². The summed E-state index contributed by atoms with van der Waals surface area (Å²) in [6.07, 6.45) is -0.0570. The van der Waals surface area contributed by atoms with E-state index in [0.29, 0.717) is 19.4 Å². The van der Waals surface area contributed by atoms with E-state index in [1.807, 2.05) is 0 Å². The van der Waals surface area contributed by atoms with E-state index < -0.39 is 17.5 Å². The van der Waals surface area contributed by atoms with E-state index in [1.165, 1.54) is 7.11 Å². The van der Waals surface area contributed by atoms with Crippen LogP contribution in [0.3, 0.4) is 0 Å². The molecule has 0 aliphatic carbocycles. The van der Waals surface area contributed by atoms with E-state index in [4.69, 9.17) is 14.9 Å². The summed E-state index contributed by atoms with van der Waals surface area (Å²) < 4.78 is 4.87. The van der Waals surface area contributed by atoms with Crippen molar-refractivity contribution in [2.45, 2.75) is 12.8 Å². The second kappa shape index (κ2) is 4.48. The van der Waals surface area contributed by atoms with Crippen molar-refractivity contribution in [1.29, 1.82) is 0 Å². The number of piperidine rings is 1. The third kappa shape index (κ3) is 2.38. The van der Waals surface area contributed by atoms with E-state index in [0.717, 1.165) is 4.90 Å². The van der Waals surface area contributed by atoms with Crippen LogP contribution < -0.4 is 0 Å². The zero-order valence-electron chi connectivity index (χ0n) is 8.60. The fraction of sp³-hybridized carbons (Fsp3) is 0.778. The van der Waals surface area contributed by atoms with Gasteiger partial charge in [-0.25, -0.2) is 4.79 Å². The number of methoxy groups -OCH3 is 1. The summed E-state index contributed by atoms with van der Waals surface area (Å²) in [6.45, 7) is 0.450. The lowest BCUT2D eigenvalue weighted by Crippen LogP contribution is -2.51. The van der Waals surface area contributed by atoms with Crippen LogP contribution in [-0.4, -0.2) is 54.0 Å². The zero-order valence-corrected chi connectivity index (χ0v) is 8.60. The Morgan fingerprint density at radius 2 is 2.13 bits per heavy atom. The van der Waals surface area contributed by atoms with Gasteiger partial charge in [-0.3, -0.25) is 4.79 Å². The van der Waals surface area contributed by atoms with Crippen LogP contribution in [0, 0.1) is 5.41 Å². The second-order valence-corrected chi connectivity index (χ2v) is 3.83. The van der Waals surface area contributed by atoms with Crippen molar-refractivity contribution in [3.05, 3.63) is 0 Å². The van der Waals surface area contributed by atoms with Gasteiger partial charge in [-0.2, -0.15) is 0 Å². The van der Waals surface area contributed by atoms with Crippen LogP contribution in [0.1, 0.15) is 12.8 Å². The Morgan fingerprint density at radius 3 is 2.60 bits per heavy atom. The molecule has 0 radical (unpaired) electrons. The lowest BCUT2D eigenvalue weighted by Gasteiger charge is -2.37. The molecule has 6 nitrogen and oxygen atoms in total. The molecule has 15 heavy (non-hydrogen) atoms. The molecular weight excluding hydrogens is 202 g/mol. The van der Waals surface area contributed by atoms with Crippen molar-refractivity contribution in [2.75, 3.05) is 26.8 Å². The number of likely N-dealkylation sites (tertiary alicyclic amines) is 1. The monoisotopic (exact) mass is 217 g/mol. The summed E-state index contributed by atoms with van der Waals surface area (Å²) in [6, 6.07) is 0. The summed E-state index contributed by atoms with van der Waals surface area (Å²) in [5, 5.41) is 17.9. The smallest absolute Gasteiger partial charge is 0.407 e. The van der Waals surface area contributed by atoms with E-state index in [-0.39, 0.29) is 13.2 Å². The number of carboxylic acids is 1. The molecule has 1 amide bonds. The van der Waals surface area contributed by atoms with E-state index in [1.54, 1.807) is 0 Å². The average molecular weight is 217 g/mol. The minimum Gasteiger partial charge on any atom is -0.481 e. The number of carboxylic acid groups (broad SMARTS) is 2. The molecule has 2 N–H and O–H groups in total. The van der Waals surface area contributed by atoms with Gasteiger partial charge in [0, 0.05) is 20.2 Å². The number of hydrogen-bond acceptors (Lipinski definition) is 3. The molecule has 1 fully saturated rings. The Bertz CT molecular complexity index is 263. The second-order valence-electron chi connectivity index (χ2n) is 3.83. The Hall–Kier alpha value is -1.30. The topological polar surface area (TPSA) is 87.1 Å². The van der Waals surface area contributed by atoms with Gasteiger partial charge in [-0.05, 0) is 12.8 Å². The first-order chi connectivity index (χ1) is 7.02. The minimum atomic E-state index is -1.08. The van der Waals surface area contributed by atoms with E-state index >= 15 is 0 Å². The van der Waals surface area contributed by atoms with Crippen LogP contribution in [0.25, 0.3) is 0 Å². The largest absolute Gasteiger partial charge is 0.481 e. The molecule has 0 aromatic heterocycles. The lowest BCUT2D eigenvalue weighted by atomic mass is 9.81. The number of hydrogen-bond donors (Lipinski definition) is 2. The molecule has 86 valence electrons. The first-order valence-corrected chi connectivity index (χ1v) is 4.72. The van der Waals surface area contributed by atoms with Gasteiger partial charge in [0.1, 0.15) is 5.41 Å². The molecule has 1 heterocycles. The molecule has 1 saturated heterocycles. The molecule has 1 aliphatic heterocycles. The van der Waals surface area contributed by atoms with Gasteiger partial charge in [-0.1, -0.05) is 0 Å². The third-order valence-electron chi connectivity index (χ3n) is 2.72. The maximum atomic E-state index is 11.1. The summed E-state index contributed by atoms with van der Waals surface area (Å²) in [5.41, 5.74) is -1.08. The molecule has 6 heteroatoms. The maximum absolute atomic E-state index is 11.1. The number of aliphatic carboxylic acids is 1. The average Bonchev–Trinajstić information content (AvgIpc) is 2.18. The third-order valence-corrected chi connectivity index (χ3v) is 2.72. The SMILES string of the molecule is COCC1(C(=O)O)CCCN(C(=O)O)C1. The molecule has 0 aromatic carbocycles. The van der Waals surface area contributed by atoms with Crippen molar-refractivity contribution in [1.82, 2.24) is 4.90 Å². The first-order valence-electron chi connectivity index (χ1n) is 4.72. The lowest BCUT2D eigenvalue weighted by molar-refractivity contribution is -0.156.